The van der Waals surface area contributed by atoms with Crippen LogP contribution in [-0.2, 0) is 0 Å². The summed E-state index contributed by atoms with van der Waals surface area (Å²) in [6.45, 7) is 3.99. The van der Waals surface area contributed by atoms with Crippen molar-refractivity contribution in [1.29, 1.82) is 0 Å². The molecule has 0 aromatic heterocycles. The van der Waals surface area contributed by atoms with Gasteiger partial charge in [-0.05, 0) is 49.8 Å². The number of hydrogen-bond donors (Lipinski definition) is 2. The average molecular weight is 304 g/mol. The van der Waals surface area contributed by atoms with Crippen molar-refractivity contribution in [2.75, 3.05) is 0 Å². The van der Waals surface area contributed by atoms with Gasteiger partial charge in [-0.2, -0.15) is 0 Å². The van der Waals surface area contributed by atoms with Gasteiger partial charge in [0.15, 0.2) is 0 Å². The molecule has 1 aromatic carbocycles. The summed E-state index contributed by atoms with van der Waals surface area (Å²) in [6.07, 6.45) is 5.85. The number of hydrogen-bond acceptors (Lipinski definition) is 2. The molecule has 1 unspecified atom stereocenters. The van der Waals surface area contributed by atoms with E-state index in [0.29, 0.717) is 16.5 Å². The van der Waals surface area contributed by atoms with E-state index in [-0.39, 0.29) is 11.9 Å². The van der Waals surface area contributed by atoms with Crippen molar-refractivity contribution in [3.63, 3.8) is 0 Å². The number of amides is 1. The van der Waals surface area contributed by atoms with Gasteiger partial charge in [0.2, 0.25) is 0 Å². The number of carbonyl (C=O) groups excluding carboxylic acids is 1. The van der Waals surface area contributed by atoms with Crippen LogP contribution in [0.1, 0.15) is 53.6 Å². The van der Waals surface area contributed by atoms with Crippen molar-refractivity contribution in [1.82, 2.24) is 5.32 Å². The zero-order chi connectivity index (χ0) is 15.4. The largest absolute Gasteiger partial charge is 0.392 e. The van der Waals surface area contributed by atoms with Gasteiger partial charge in [0.1, 0.15) is 0 Å². The lowest BCUT2D eigenvalue weighted by molar-refractivity contribution is 0.0931. The number of nitrogens with one attached hydrogen (secondary N) is 1. The fraction of sp³-hybridized carbons (Fsp3) is 0.529. The lowest BCUT2D eigenvalue weighted by Gasteiger charge is -2.30. The van der Waals surface area contributed by atoms with Gasteiger partial charge in [0.25, 0.3) is 5.91 Å². The summed E-state index contributed by atoms with van der Waals surface area (Å²) in [6, 6.07) is 5.59. The normalized spacial score (nSPS) is 17.2. The minimum Gasteiger partial charge on any atom is -0.392 e. The van der Waals surface area contributed by atoms with Crippen LogP contribution in [0.4, 0.5) is 0 Å². The smallest absolute Gasteiger partial charge is 0.252 e. The molecule has 21 heavy (non-hydrogen) atoms. The molecule has 4 heteroatoms. The maximum atomic E-state index is 12.5. The third kappa shape index (κ3) is 3.82. The van der Waals surface area contributed by atoms with Gasteiger partial charge in [0, 0.05) is 5.56 Å². The summed E-state index contributed by atoms with van der Waals surface area (Å²) >= 11 is 5.19. The second kappa shape index (κ2) is 7.03. The molecule has 1 amide bonds. The Labute approximate surface area is 132 Å². The predicted molar refractivity (Wildman–Crippen MR) is 90.5 cm³/mol. The topological polar surface area (TPSA) is 55.1 Å². The molecule has 0 saturated heterocycles. The fourth-order valence-electron chi connectivity index (χ4n) is 3.10. The van der Waals surface area contributed by atoms with Crippen molar-refractivity contribution in [2.45, 2.75) is 52.0 Å². The first-order valence-corrected chi connectivity index (χ1v) is 8.08. The highest BCUT2D eigenvalue weighted by molar-refractivity contribution is 7.80. The Morgan fingerprint density at radius 1 is 1.29 bits per heavy atom. The van der Waals surface area contributed by atoms with Crippen LogP contribution in [-0.4, -0.2) is 16.9 Å². The lowest BCUT2D eigenvalue weighted by atomic mass is 9.83. The van der Waals surface area contributed by atoms with Crippen LogP contribution in [0.3, 0.4) is 0 Å². The quantitative estimate of drug-likeness (QED) is 0.839. The number of benzene rings is 1. The summed E-state index contributed by atoms with van der Waals surface area (Å²) in [5.74, 6) is 0.310. The highest BCUT2D eigenvalue weighted by Gasteiger charge is 2.27. The second-order valence-electron chi connectivity index (χ2n) is 6.00. The summed E-state index contributed by atoms with van der Waals surface area (Å²) in [7, 11) is 0. The summed E-state index contributed by atoms with van der Waals surface area (Å²) in [5.41, 5.74) is 8.73. The van der Waals surface area contributed by atoms with Crippen molar-refractivity contribution in [3.8, 4) is 0 Å². The Morgan fingerprint density at radius 3 is 2.57 bits per heavy atom. The average Bonchev–Trinajstić information content (AvgIpc) is 2.48. The molecule has 0 radical (unpaired) electrons. The zero-order valence-corrected chi connectivity index (χ0v) is 13.6. The van der Waals surface area contributed by atoms with Gasteiger partial charge in [-0.25, -0.2) is 0 Å². The molecular formula is C17H24N2OS. The van der Waals surface area contributed by atoms with Crippen molar-refractivity contribution in [3.05, 3.63) is 34.9 Å². The summed E-state index contributed by atoms with van der Waals surface area (Å²) < 4.78 is 0. The lowest BCUT2D eigenvalue weighted by Crippen LogP contribution is -2.49. The second-order valence-corrected chi connectivity index (χ2v) is 6.47. The Kier molecular flexibility index (Phi) is 5.34. The summed E-state index contributed by atoms with van der Waals surface area (Å²) in [5, 5.41) is 3.07. The van der Waals surface area contributed by atoms with E-state index in [2.05, 4.69) is 5.32 Å². The van der Waals surface area contributed by atoms with Crippen LogP contribution < -0.4 is 11.1 Å². The van der Waals surface area contributed by atoms with Crippen LogP contribution in [0.25, 0.3) is 0 Å². The molecule has 1 saturated carbocycles. The van der Waals surface area contributed by atoms with Crippen LogP contribution in [0, 0.1) is 19.8 Å². The van der Waals surface area contributed by atoms with Gasteiger partial charge in [-0.3, -0.25) is 4.79 Å². The minimum atomic E-state index is -0.187. The molecule has 1 aliphatic carbocycles. The third-order valence-corrected chi connectivity index (χ3v) is 4.82. The highest BCUT2D eigenvalue weighted by Crippen LogP contribution is 2.27. The van der Waals surface area contributed by atoms with Gasteiger partial charge >= 0.3 is 0 Å². The zero-order valence-electron chi connectivity index (χ0n) is 12.8. The maximum absolute atomic E-state index is 12.5. The van der Waals surface area contributed by atoms with Crippen molar-refractivity contribution < 1.29 is 4.79 Å². The van der Waals surface area contributed by atoms with Crippen molar-refractivity contribution >= 4 is 23.1 Å². The molecule has 1 fully saturated rings. The van der Waals surface area contributed by atoms with Gasteiger partial charge in [0.05, 0.1) is 11.0 Å². The highest BCUT2D eigenvalue weighted by atomic mass is 32.1. The first-order valence-electron chi connectivity index (χ1n) is 7.67. The molecule has 114 valence electrons. The van der Waals surface area contributed by atoms with E-state index in [4.69, 9.17) is 18.0 Å². The van der Waals surface area contributed by atoms with E-state index in [1.165, 1.54) is 19.3 Å². The number of thiocarbonyl (C=S) groups is 1. The first kappa shape index (κ1) is 16.0. The van der Waals surface area contributed by atoms with Gasteiger partial charge < -0.3 is 11.1 Å². The molecular weight excluding hydrogens is 280 g/mol. The number of nitrogens with two attached hydrogens (primary N) is 1. The van der Waals surface area contributed by atoms with Crippen LogP contribution in [0.5, 0.6) is 0 Å². The number of aryl methyl sites for hydroxylation is 1. The third-order valence-electron chi connectivity index (χ3n) is 4.56. The Hall–Kier alpha value is -1.42. The standard InChI is InChI=1S/C17H24N2OS/c1-11-7-6-10-14(12(11)2)17(20)19-15(16(18)21)13-8-4-3-5-9-13/h6-7,10,13,15H,3-5,8-9H2,1-2H3,(H2,18,21)(H,19,20). The molecule has 1 atom stereocenters. The van der Waals surface area contributed by atoms with Crippen molar-refractivity contribution in [2.24, 2.45) is 11.7 Å². The van der Waals surface area contributed by atoms with E-state index in [0.717, 1.165) is 24.0 Å². The molecule has 2 rings (SSSR count). The molecule has 1 aliphatic rings. The molecule has 3 nitrogen and oxygen atoms in total. The first-order chi connectivity index (χ1) is 10.0. The van der Waals surface area contributed by atoms with E-state index < -0.39 is 0 Å². The Balaban J connectivity index is 2.14. The van der Waals surface area contributed by atoms with Crippen LogP contribution in [0.2, 0.25) is 0 Å². The van der Waals surface area contributed by atoms with E-state index >= 15 is 0 Å². The van der Waals surface area contributed by atoms with Gasteiger partial charge in [-0.1, -0.05) is 43.6 Å². The van der Waals surface area contributed by atoms with E-state index in [9.17, 15) is 4.79 Å². The Morgan fingerprint density at radius 2 is 1.95 bits per heavy atom. The molecule has 1 aromatic rings. The molecule has 3 N–H and O–H groups in total. The number of carbonyl (C=O) groups is 1. The molecule has 0 spiro atoms. The van der Waals surface area contributed by atoms with Crippen LogP contribution >= 0.6 is 12.2 Å². The number of rotatable bonds is 4. The Bertz CT molecular complexity index is 536. The predicted octanol–water partition coefficient (Wildman–Crippen LogP) is 3.27. The van der Waals surface area contributed by atoms with E-state index in [1.54, 1.807) is 0 Å². The fourth-order valence-corrected chi connectivity index (χ4v) is 3.36. The maximum Gasteiger partial charge on any atom is 0.252 e. The SMILES string of the molecule is Cc1cccc(C(=O)NC(C(N)=S)C2CCCCC2)c1C. The monoisotopic (exact) mass is 304 g/mol. The summed E-state index contributed by atoms with van der Waals surface area (Å²) in [4.78, 5) is 13.0. The van der Waals surface area contributed by atoms with Gasteiger partial charge in [-0.15, -0.1) is 0 Å². The molecule has 0 aliphatic heterocycles. The molecule has 0 heterocycles. The molecule has 0 bridgehead atoms. The minimum absolute atomic E-state index is 0.0698. The van der Waals surface area contributed by atoms with E-state index in [1.807, 2.05) is 32.0 Å². The van der Waals surface area contributed by atoms with Crippen LogP contribution in [0.15, 0.2) is 18.2 Å².